The zero-order valence-corrected chi connectivity index (χ0v) is 11.0. The van der Waals surface area contributed by atoms with Crippen LogP contribution >= 0.6 is 26.6 Å². The van der Waals surface area contributed by atoms with Crippen LogP contribution in [0.3, 0.4) is 0 Å². The smallest absolute Gasteiger partial charge is 0.339 e. The summed E-state index contributed by atoms with van der Waals surface area (Å²) in [6.07, 6.45) is 0. The van der Waals surface area contributed by atoms with Gasteiger partial charge in [-0.25, -0.2) is 17.6 Å². The molecule has 0 bridgehead atoms. The van der Waals surface area contributed by atoms with E-state index in [4.69, 9.17) is 10.7 Å². The van der Waals surface area contributed by atoms with E-state index in [1.54, 1.807) is 0 Å². The van der Waals surface area contributed by atoms with Gasteiger partial charge in [-0.05, 0) is 28.1 Å². The largest absolute Gasteiger partial charge is 0.465 e. The lowest BCUT2D eigenvalue weighted by atomic mass is 10.2. The number of hydrogen-bond acceptors (Lipinski definition) is 4. The molecule has 4 nitrogen and oxygen atoms in total. The number of ether oxygens (including phenoxy) is 1. The lowest BCUT2D eigenvalue weighted by molar-refractivity contribution is 0.0599. The number of esters is 1. The molecule has 0 atom stereocenters. The number of hydrogen-bond donors (Lipinski definition) is 0. The van der Waals surface area contributed by atoms with E-state index < -0.39 is 25.7 Å². The topological polar surface area (TPSA) is 60.4 Å². The van der Waals surface area contributed by atoms with Gasteiger partial charge in [0.25, 0.3) is 9.05 Å². The van der Waals surface area contributed by atoms with Crippen molar-refractivity contribution < 1.29 is 22.3 Å². The Hall–Kier alpha value is -0.660. The first kappa shape index (κ1) is 13.4. The van der Waals surface area contributed by atoms with Crippen molar-refractivity contribution in [2.75, 3.05) is 7.11 Å². The van der Waals surface area contributed by atoms with Gasteiger partial charge in [-0.1, -0.05) is 0 Å². The highest BCUT2D eigenvalue weighted by atomic mass is 79.9. The molecule has 0 N–H and O–H groups in total. The number of carbonyl (C=O) groups excluding carboxylic acids is 1. The Morgan fingerprint density at radius 1 is 1.50 bits per heavy atom. The third kappa shape index (κ3) is 2.72. The monoisotopic (exact) mass is 330 g/mol. The second kappa shape index (κ2) is 4.68. The highest BCUT2D eigenvalue weighted by Gasteiger charge is 2.21. The molecule has 1 rings (SSSR count). The molecule has 0 aromatic heterocycles. The summed E-state index contributed by atoms with van der Waals surface area (Å²) in [5.74, 6) is -1.84. The summed E-state index contributed by atoms with van der Waals surface area (Å²) in [4.78, 5) is 10.4. The van der Waals surface area contributed by atoms with E-state index in [2.05, 4.69) is 20.7 Å². The molecule has 0 aliphatic rings. The van der Waals surface area contributed by atoms with Crippen molar-refractivity contribution in [3.05, 3.63) is 28.0 Å². The summed E-state index contributed by atoms with van der Waals surface area (Å²) in [6.45, 7) is 0. The maximum absolute atomic E-state index is 13.2. The maximum atomic E-state index is 13.2. The van der Waals surface area contributed by atoms with Gasteiger partial charge in [0, 0.05) is 15.2 Å². The third-order valence-corrected chi connectivity index (χ3v) is 3.68. The molecule has 0 spiro atoms. The summed E-state index contributed by atoms with van der Waals surface area (Å²) < 4.78 is 39.7. The molecule has 0 aliphatic heterocycles. The molecule has 16 heavy (non-hydrogen) atoms. The number of rotatable bonds is 2. The fourth-order valence-electron chi connectivity index (χ4n) is 0.982. The van der Waals surface area contributed by atoms with Gasteiger partial charge in [-0.2, -0.15) is 0 Å². The summed E-state index contributed by atoms with van der Waals surface area (Å²) in [6, 6.07) is 1.65. The van der Waals surface area contributed by atoms with E-state index >= 15 is 0 Å². The van der Waals surface area contributed by atoms with E-state index in [1.165, 1.54) is 0 Å². The molecule has 0 unspecified atom stereocenters. The van der Waals surface area contributed by atoms with Crippen LogP contribution in [0.4, 0.5) is 4.39 Å². The summed E-state index contributed by atoms with van der Waals surface area (Å²) in [7, 11) is 1.87. The van der Waals surface area contributed by atoms with Gasteiger partial charge in [-0.3, -0.25) is 0 Å². The van der Waals surface area contributed by atoms with Crippen LogP contribution in [-0.2, 0) is 13.8 Å². The fraction of sp³-hybridized carbons (Fsp3) is 0.125. The zero-order valence-electron chi connectivity index (χ0n) is 7.83. The van der Waals surface area contributed by atoms with Crippen LogP contribution in [0.1, 0.15) is 10.4 Å². The van der Waals surface area contributed by atoms with E-state index in [9.17, 15) is 17.6 Å². The van der Waals surface area contributed by atoms with Crippen LogP contribution in [0.15, 0.2) is 21.5 Å². The fourth-order valence-corrected chi connectivity index (χ4v) is 2.36. The lowest BCUT2D eigenvalue weighted by Gasteiger charge is -2.05. The van der Waals surface area contributed by atoms with Crippen molar-refractivity contribution in [1.82, 2.24) is 0 Å². The quantitative estimate of drug-likeness (QED) is 0.616. The molecule has 0 heterocycles. The Bertz CT molecular complexity index is 543. The molecule has 0 aliphatic carbocycles. The molecule has 1 aromatic rings. The van der Waals surface area contributed by atoms with Crippen LogP contribution in [-0.4, -0.2) is 21.5 Å². The number of carbonyl (C=O) groups is 1. The van der Waals surface area contributed by atoms with Crippen LogP contribution in [0.5, 0.6) is 0 Å². The van der Waals surface area contributed by atoms with Crippen LogP contribution < -0.4 is 0 Å². The number of benzene rings is 1. The standard InChI is InChI=1S/C8H5BrClFO4S/c1-15-8(12)4-2-7(16(10,13)14)6(11)3-5(4)9/h2-3H,1H3. The molecule has 1 aromatic carbocycles. The highest BCUT2D eigenvalue weighted by molar-refractivity contribution is 9.10. The van der Waals surface area contributed by atoms with Gasteiger partial charge in [-0.15, -0.1) is 0 Å². The Morgan fingerprint density at radius 2 is 2.06 bits per heavy atom. The molecular formula is C8H5BrClFO4S. The van der Waals surface area contributed by atoms with Crippen molar-refractivity contribution in [3.8, 4) is 0 Å². The minimum Gasteiger partial charge on any atom is -0.465 e. The van der Waals surface area contributed by atoms with Gasteiger partial charge in [0.2, 0.25) is 0 Å². The average molecular weight is 332 g/mol. The molecular weight excluding hydrogens is 327 g/mol. The van der Waals surface area contributed by atoms with Crippen molar-refractivity contribution in [2.24, 2.45) is 0 Å². The molecule has 88 valence electrons. The van der Waals surface area contributed by atoms with Gasteiger partial charge in [0.05, 0.1) is 12.7 Å². The van der Waals surface area contributed by atoms with Crippen molar-refractivity contribution in [3.63, 3.8) is 0 Å². The predicted molar refractivity (Wildman–Crippen MR) is 58.5 cm³/mol. The van der Waals surface area contributed by atoms with Crippen molar-refractivity contribution in [2.45, 2.75) is 4.90 Å². The molecule has 0 radical (unpaired) electrons. The minimum atomic E-state index is -4.25. The van der Waals surface area contributed by atoms with Crippen molar-refractivity contribution >= 4 is 41.6 Å². The third-order valence-electron chi connectivity index (χ3n) is 1.69. The van der Waals surface area contributed by atoms with Gasteiger partial charge >= 0.3 is 5.97 Å². The van der Waals surface area contributed by atoms with Crippen molar-refractivity contribution in [1.29, 1.82) is 0 Å². The zero-order chi connectivity index (χ0) is 12.5. The molecule has 0 fully saturated rings. The maximum Gasteiger partial charge on any atom is 0.339 e. The Balaban J connectivity index is 3.51. The molecule has 0 saturated carbocycles. The van der Waals surface area contributed by atoms with E-state index in [-0.39, 0.29) is 10.0 Å². The average Bonchev–Trinajstić information content (AvgIpc) is 2.14. The van der Waals surface area contributed by atoms with Crippen LogP contribution in [0.2, 0.25) is 0 Å². The normalized spacial score (nSPS) is 11.2. The van der Waals surface area contributed by atoms with Gasteiger partial charge < -0.3 is 4.74 Å². The first-order valence-corrected chi connectivity index (χ1v) is 6.89. The summed E-state index contributed by atoms with van der Waals surface area (Å²) in [5, 5.41) is 0. The number of methoxy groups -OCH3 is 1. The summed E-state index contributed by atoms with van der Waals surface area (Å²) in [5.41, 5.74) is -0.122. The second-order valence-electron chi connectivity index (χ2n) is 2.69. The summed E-state index contributed by atoms with van der Waals surface area (Å²) >= 11 is 2.91. The SMILES string of the molecule is COC(=O)c1cc(S(=O)(=O)Cl)c(F)cc1Br. The first-order valence-electron chi connectivity index (χ1n) is 3.79. The highest BCUT2D eigenvalue weighted by Crippen LogP contribution is 2.26. The van der Waals surface area contributed by atoms with E-state index in [0.717, 1.165) is 19.2 Å². The van der Waals surface area contributed by atoms with Crippen LogP contribution in [0, 0.1) is 5.82 Å². The van der Waals surface area contributed by atoms with Gasteiger partial charge in [0.15, 0.2) is 0 Å². The van der Waals surface area contributed by atoms with Gasteiger partial charge in [0.1, 0.15) is 10.7 Å². The molecule has 0 saturated heterocycles. The Kier molecular flexibility index (Phi) is 3.92. The van der Waals surface area contributed by atoms with Crippen LogP contribution in [0.25, 0.3) is 0 Å². The molecule has 8 heteroatoms. The Labute approximate surface area is 104 Å². The lowest BCUT2D eigenvalue weighted by Crippen LogP contribution is -2.06. The minimum absolute atomic E-state index is 0.0842. The molecule has 0 amide bonds. The van der Waals surface area contributed by atoms with E-state index in [1.807, 2.05) is 0 Å². The van der Waals surface area contributed by atoms with E-state index in [0.29, 0.717) is 0 Å². The second-order valence-corrected chi connectivity index (χ2v) is 6.08. The number of halogens is 3. The Morgan fingerprint density at radius 3 is 2.50 bits per heavy atom. The predicted octanol–water partition coefficient (Wildman–Crippen LogP) is 2.30. The first-order chi connectivity index (χ1) is 7.27.